The molecule has 1 heterocycles. The number of rotatable bonds is 8. The van der Waals surface area contributed by atoms with E-state index in [1.54, 1.807) is 19.2 Å². The van der Waals surface area contributed by atoms with Crippen LogP contribution < -0.4 is 14.2 Å². The number of carbonyl (C=O) groups excluding carboxylic acids is 1. The minimum absolute atomic E-state index is 0.0582. The zero-order valence-electron chi connectivity index (χ0n) is 17.3. The highest BCUT2D eigenvalue weighted by molar-refractivity contribution is 7.89. The second-order valence-electron chi connectivity index (χ2n) is 7.40. The fraction of sp³-hybridized carbons (Fsp3) is 0.409. The van der Waals surface area contributed by atoms with Crippen molar-refractivity contribution in [1.29, 1.82) is 0 Å². The molecule has 30 heavy (non-hydrogen) atoms. The number of methoxy groups -OCH3 is 2. The van der Waals surface area contributed by atoms with E-state index in [9.17, 15) is 13.2 Å². The highest BCUT2D eigenvalue weighted by Crippen LogP contribution is 2.20. The Morgan fingerprint density at radius 2 is 1.63 bits per heavy atom. The zero-order chi connectivity index (χ0) is 21.6. The molecule has 0 saturated carbocycles. The summed E-state index contributed by atoms with van der Waals surface area (Å²) in [4.78, 5) is 14.7. The highest BCUT2D eigenvalue weighted by atomic mass is 32.2. The number of amides is 1. The van der Waals surface area contributed by atoms with Crippen molar-refractivity contribution in [2.45, 2.75) is 24.2 Å². The Labute approximate surface area is 178 Å². The second-order valence-corrected chi connectivity index (χ2v) is 9.17. The van der Waals surface area contributed by atoms with Crippen LogP contribution in [-0.4, -0.2) is 53.1 Å². The number of nitrogens with zero attached hydrogens (tertiary/aromatic N) is 1. The zero-order valence-corrected chi connectivity index (χ0v) is 18.2. The van der Waals surface area contributed by atoms with Gasteiger partial charge < -0.3 is 14.4 Å². The van der Waals surface area contributed by atoms with Crippen LogP contribution in [0.1, 0.15) is 18.4 Å². The molecule has 1 amide bonds. The van der Waals surface area contributed by atoms with Crippen molar-refractivity contribution in [2.75, 3.05) is 33.9 Å². The molecule has 1 saturated heterocycles. The predicted octanol–water partition coefficient (Wildman–Crippen LogP) is 2.46. The summed E-state index contributed by atoms with van der Waals surface area (Å²) < 4.78 is 38.0. The van der Waals surface area contributed by atoms with E-state index in [0.717, 1.165) is 24.2 Å². The van der Waals surface area contributed by atoms with Gasteiger partial charge >= 0.3 is 0 Å². The molecule has 1 N–H and O–H groups in total. The molecule has 162 valence electrons. The summed E-state index contributed by atoms with van der Waals surface area (Å²) in [6.07, 6.45) is 2.08. The van der Waals surface area contributed by atoms with Gasteiger partial charge in [0.1, 0.15) is 11.5 Å². The first-order chi connectivity index (χ1) is 14.4. The summed E-state index contributed by atoms with van der Waals surface area (Å²) in [5, 5.41) is 0. The lowest BCUT2D eigenvalue weighted by Gasteiger charge is -2.33. The summed E-state index contributed by atoms with van der Waals surface area (Å²) in [7, 11) is -0.456. The van der Waals surface area contributed by atoms with Crippen LogP contribution in [0.2, 0.25) is 0 Å². The summed E-state index contributed by atoms with van der Waals surface area (Å²) in [5.74, 6) is 1.51. The molecule has 7 nitrogen and oxygen atoms in total. The number of hydrogen-bond donors (Lipinski definition) is 1. The predicted molar refractivity (Wildman–Crippen MR) is 114 cm³/mol. The SMILES string of the molecule is COc1ccc(CC(=O)N2CCC[C@@H](CNS(=O)(=O)c3ccc(OC)cc3)C2)cc1. The van der Waals surface area contributed by atoms with E-state index >= 15 is 0 Å². The standard InChI is InChI=1S/C22H28N2O5S/c1-28-19-7-5-17(6-8-19)14-22(25)24-13-3-4-18(16-24)15-23-30(26,27)21-11-9-20(29-2)10-12-21/h5-12,18,23H,3-4,13-16H2,1-2H3/t18-/m0/s1. The maximum atomic E-state index is 12.7. The minimum atomic E-state index is -3.60. The van der Waals surface area contributed by atoms with Crippen molar-refractivity contribution in [3.63, 3.8) is 0 Å². The number of likely N-dealkylation sites (tertiary alicyclic amines) is 1. The van der Waals surface area contributed by atoms with Crippen LogP contribution in [0.3, 0.4) is 0 Å². The van der Waals surface area contributed by atoms with Crippen molar-refractivity contribution >= 4 is 15.9 Å². The lowest BCUT2D eigenvalue weighted by molar-refractivity contribution is -0.132. The number of ether oxygens (including phenoxy) is 2. The number of sulfonamides is 1. The van der Waals surface area contributed by atoms with Gasteiger partial charge in [0.15, 0.2) is 0 Å². The molecule has 0 aromatic heterocycles. The molecule has 1 fully saturated rings. The van der Waals surface area contributed by atoms with Crippen molar-refractivity contribution in [3.05, 3.63) is 54.1 Å². The first-order valence-electron chi connectivity index (χ1n) is 9.95. The molecule has 2 aromatic carbocycles. The van der Waals surface area contributed by atoms with Crippen LogP contribution in [0.5, 0.6) is 11.5 Å². The van der Waals surface area contributed by atoms with Crippen molar-refractivity contribution in [3.8, 4) is 11.5 Å². The Hall–Kier alpha value is -2.58. The smallest absolute Gasteiger partial charge is 0.240 e. The Morgan fingerprint density at radius 1 is 1.03 bits per heavy atom. The number of carbonyl (C=O) groups is 1. The van der Waals surface area contributed by atoms with Gasteiger partial charge in [-0.2, -0.15) is 0 Å². The fourth-order valence-electron chi connectivity index (χ4n) is 3.55. The van der Waals surface area contributed by atoms with Crippen LogP contribution in [0, 0.1) is 5.92 Å². The van der Waals surface area contributed by atoms with E-state index in [4.69, 9.17) is 9.47 Å². The van der Waals surface area contributed by atoms with Gasteiger partial charge in [-0.3, -0.25) is 4.79 Å². The average Bonchev–Trinajstić information content (AvgIpc) is 2.78. The third-order valence-corrected chi connectivity index (χ3v) is 6.76. The Kier molecular flexibility index (Phi) is 7.33. The Balaban J connectivity index is 1.54. The molecule has 1 aliphatic rings. The number of hydrogen-bond acceptors (Lipinski definition) is 5. The average molecular weight is 433 g/mol. The van der Waals surface area contributed by atoms with Gasteiger partial charge in [-0.15, -0.1) is 0 Å². The molecular formula is C22H28N2O5S. The van der Waals surface area contributed by atoms with Crippen LogP contribution in [0.15, 0.2) is 53.4 Å². The van der Waals surface area contributed by atoms with Crippen LogP contribution >= 0.6 is 0 Å². The summed E-state index contributed by atoms with van der Waals surface area (Å²) in [6.45, 7) is 1.57. The largest absolute Gasteiger partial charge is 0.497 e. The van der Waals surface area contributed by atoms with Gasteiger partial charge in [0.05, 0.1) is 25.5 Å². The lowest BCUT2D eigenvalue weighted by Crippen LogP contribution is -2.44. The topological polar surface area (TPSA) is 84.9 Å². The normalized spacial score (nSPS) is 16.9. The van der Waals surface area contributed by atoms with Gasteiger partial charge in [0, 0.05) is 19.6 Å². The molecule has 0 radical (unpaired) electrons. The van der Waals surface area contributed by atoms with E-state index in [1.807, 2.05) is 29.2 Å². The molecule has 0 unspecified atom stereocenters. The molecule has 2 aromatic rings. The van der Waals surface area contributed by atoms with Gasteiger partial charge in [0.2, 0.25) is 15.9 Å². The first-order valence-corrected chi connectivity index (χ1v) is 11.4. The number of nitrogens with one attached hydrogen (secondary N) is 1. The van der Waals surface area contributed by atoms with Crippen LogP contribution in [0.4, 0.5) is 0 Å². The third kappa shape index (κ3) is 5.73. The molecular weight excluding hydrogens is 404 g/mol. The lowest BCUT2D eigenvalue weighted by atomic mass is 9.97. The van der Waals surface area contributed by atoms with Gasteiger partial charge in [-0.1, -0.05) is 12.1 Å². The van der Waals surface area contributed by atoms with E-state index < -0.39 is 10.0 Å². The molecule has 0 spiro atoms. The highest BCUT2D eigenvalue weighted by Gasteiger charge is 2.25. The van der Waals surface area contributed by atoms with Gasteiger partial charge in [-0.05, 0) is 60.7 Å². The van der Waals surface area contributed by atoms with E-state index in [0.29, 0.717) is 31.8 Å². The minimum Gasteiger partial charge on any atom is -0.497 e. The van der Waals surface area contributed by atoms with E-state index in [2.05, 4.69) is 4.72 Å². The Morgan fingerprint density at radius 3 is 2.23 bits per heavy atom. The molecule has 0 bridgehead atoms. The molecule has 1 atom stereocenters. The molecule has 8 heteroatoms. The first kappa shape index (κ1) is 22.1. The van der Waals surface area contributed by atoms with E-state index in [-0.39, 0.29) is 16.7 Å². The van der Waals surface area contributed by atoms with Crippen molar-refractivity contribution in [2.24, 2.45) is 5.92 Å². The molecule has 0 aliphatic carbocycles. The van der Waals surface area contributed by atoms with Crippen molar-refractivity contribution in [1.82, 2.24) is 9.62 Å². The van der Waals surface area contributed by atoms with Crippen LogP contribution in [0.25, 0.3) is 0 Å². The summed E-state index contributed by atoms with van der Waals surface area (Å²) in [5.41, 5.74) is 0.933. The molecule has 3 rings (SSSR count). The second kappa shape index (κ2) is 9.95. The maximum Gasteiger partial charge on any atom is 0.240 e. The van der Waals surface area contributed by atoms with E-state index in [1.165, 1.54) is 19.2 Å². The van der Waals surface area contributed by atoms with Gasteiger partial charge in [-0.25, -0.2) is 13.1 Å². The van der Waals surface area contributed by atoms with Crippen molar-refractivity contribution < 1.29 is 22.7 Å². The quantitative estimate of drug-likeness (QED) is 0.693. The third-order valence-electron chi connectivity index (χ3n) is 5.32. The maximum absolute atomic E-state index is 12.7. The summed E-state index contributed by atoms with van der Waals surface area (Å²) in [6, 6.07) is 13.7. The van der Waals surface area contributed by atoms with Gasteiger partial charge in [0.25, 0.3) is 0 Å². The number of benzene rings is 2. The summed E-state index contributed by atoms with van der Waals surface area (Å²) >= 11 is 0. The fourth-order valence-corrected chi connectivity index (χ4v) is 4.67. The monoisotopic (exact) mass is 432 g/mol. The Bertz CT molecular complexity index is 942. The molecule has 1 aliphatic heterocycles. The van der Waals surface area contributed by atoms with Crippen LogP contribution in [-0.2, 0) is 21.2 Å². The number of piperidine rings is 1.